The molecular formula is C18H19N3O. The second-order valence-corrected chi connectivity index (χ2v) is 5.73. The van der Waals surface area contributed by atoms with E-state index in [1.54, 1.807) is 11.0 Å². The maximum Gasteiger partial charge on any atom is 0.264 e. The molecule has 1 N–H and O–H groups in total. The van der Waals surface area contributed by atoms with Crippen LogP contribution in [-0.2, 0) is 4.79 Å². The Hall–Kier alpha value is -2.54. The third-order valence-corrected chi connectivity index (χ3v) is 4.23. The Morgan fingerprint density at radius 1 is 1.27 bits per heavy atom. The van der Waals surface area contributed by atoms with Crippen LogP contribution in [0.15, 0.2) is 29.8 Å². The predicted octanol–water partition coefficient (Wildman–Crippen LogP) is 3.40. The highest BCUT2D eigenvalue weighted by molar-refractivity contribution is 6.04. The molecule has 0 saturated carbocycles. The van der Waals surface area contributed by atoms with E-state index in [0.717, 1.165) is 54.5 Å². The Bertz CT molecular complexity index is 773. The molecule has 0 unspecified atom stereocenters. The van der Waals surface area contributed by atoms with Crippen molar-refractivity contribution < 1.29 is 4.79 Å². The minimum Gasteiger partial charge on any atom is -0.358 e. The minimum absolute atomic E-state index is 0.146. The van der Waals surface area contributed by atoms with Gasteiger partial charge in [-0.25, -0.2) is 0 Å². The van der Waals surface area contributed by atoms with Gasteiger partial charge in [-0.15, -0.1) is 0 Å². The molecule has 0 aliphatic carbocycles. The average molecular weight is 293 g/mol. The van der Waals surface area contributed by atoms with E-state index >= 15 is 0 Å². The molecule has 0 spiro atoms. The maximum atomic E-state index is 12.5. The number of nitrogens with zero attached hydrogens (tertiary/aromatic N) is 2. The number of aryl methyl sites for hydroxylation is 1. The first kappa shape index (κ1) is 14.4. The number of para-hydroxylation sites is 1. The zero-order valence-corrected chi connectivity index (χ0v) is 12.7. The zero-order valence-electron chi connectivity index (χ0n) is 12.7. The van der Waals surface area contributed by atoms with Crippen molar-refractivity contribution in [1.29, 1.82) is 5.26 Å². The number of fused-ring (bicyclic) bond motifs is 1. The van der Waals surface area contributed by atoms with Crippen molar-refractivity contribution in [3.05, 3.63) is 41.1 Å². The van der Waals surface area contributed by atoms with Crippen molar-refractivity contribution in [3.63, 3.8) is 0 Å². The van der Waals surface area contributed by atoms with Crippen molar-refractivity contribution in [3.8, 4) is 6.07 Å². The molecule has 2 aromatic rings. The van der Waals surface area contributed by atoms with E-state index in [1.807, 2.05) is 31.2 Å². The second kappa shape index (κ2) is 6.07. The Morgan fingerprint density at radius 2 is 2.00 bits per heavy atom. The third-order valence-electron chi connectivity index (χ3n) is 4.23. The molecule has 22 heavy (non-hydrogen) atoms. The quantitative estimate of drug-likeness (QED) is 0.681. The SMILES string of the molecule is Cc1[nH]c2ccccc2c1/C=C(/C#N)C(=O)N1CCCCC1. The number of aromatic amines is 1. The van der Waals surface area contributed by atoms with Gasteiger partial charge in [0.05, 0.1) is 0 Å². The lowest BCUT2D eigenvalue weighted by Gasteiger charge is -2.26. The Morgan fingerprint density at radius 3 is 2.73 bits per heavy atom. The summed E-state index contributed by atoms with van der Waals surface area (Å²) in [6.45, 7) is 3.47. The second-order valence-electron chi connectivity index (χ2n) is 5.73. The van der Waals surface area contributed by atoms with Crippen molar-refractivity contribution in [2.75, 3.05) is 13.1 Å². The minimum atomic E-state index is -0.146. The summed E-state index contributed by atoms with van der Waals surface area (Å²) in [5.74, 6) is -0.146. The van der Waals surface area contributed by atoms with Gasteiger partial charge < -0.3 is 9.88 Å². The van der Waals surface area contributed by atoms with Crippen LogP contribution in [0.5, 0.6) is 0 Å². The summed E-state index contributed by atoms with van der Waals surface area (Å²) in [5, 5.41) is 10.5. The molecular weight excluding hydrogens is 274 g/mol. The molecule has 1 amide bonds. The van der Waals surface area contributed by atoms with Crippen molar-refractivity contribution >= 4 is 22.9 Å². The van der Waals surface area contributed by atoms with E-state index in [4.69, 9.17) is 0 Å². The van der Waals surface area contributed by atoms with Crippen LogP contribution in [0.4, 0.5) is 0 Å². The molecule has 1 fully saturated rings. The van der Waals surface area contributed by atoms with Crippen LogP contribution in [0.25, 0.3) is 17.0 Å². The van der Waals surface area contributed by atoms with Crippen LogP contribution in [0.1, 0.15) is 30.5 Å². The van der Waals surface area contributed by atoms with E-state index in [9.17, 15) is 10.1 Å². The Kier molecular flexibility index (Phi) is 3.97. The molecule has 1 aromatic heterocycles. The lowest BCUT2D eigenvalue weighted by atomic mass is 10.1. The van der Waals surface area contributed by atoms with Crippen molar-refractivity contribution in [2.24, 2.45) is 0 Å². The number of H-pyrrole nitrogens is 1. The monoisotopic (exact) mass is 293 g/mol. The number of benzene rings is 1. The van der Waals surface area contributed by atoms with Gasteiger partial charge in [0.15, 0.2) is 0 Å². The van der Waals surface area contributed by atoms with Gasteiger partial charge in [-0.1, -0.05) is 18.2 Å². The van der Waals surface area contributed by atoms with Crippen LogP contribution < -0.4 is 0 Å². The highest BCUT2D eigenvalue weighted by atomic mass is 16.2. The molecule has 4 heteroatoms. The standard InChI is InChI=1S/C18H19N3O/c1-13-16(15-7-3-4-8-17(15)20-13)11-14(12-19)18(22)21-9-5-2-6-10-21/h3-4,7-8,11,20H,2,5-6,9-10H2,1H3/b14-11-. The molecule has 1 saturated heterocycles. The summed E-state index contributed by atoms with van der Waals surface area (Å²) < 4.78 is 0. The molecule has 0 radical (unpaired) electrons. The highest BCUT2D eigenvalue weighted by Gasteiger charge is 2.21. The fourth-order valence-corrected chi connectivity index (χ4v) is 3.04. The molecule has 0 atom stereocenters. The van der Waals surface area contributed by atoms with Crippen molar-refractivity contribution in [1.82, 2.24) is 9.88 Å². The lowest BCUT2D eigenvalue weighted by molar-refractivity contribution is -0.127. The smallest absolute Gasteiger partial charge is 0.264 e. The molecule has 2 heterocycles. The number of carbonyl (C=O) groups excluding carboxylic acids is 1. The van der Waals surface area contributed by atoms with Gasteiger partial charge in [0, 0.05) is 35.2 Å². The number of amides is 1. The molecule has 0 bridgehead atoms. The van der Waals surface area contributed by atoms with Crippen LogP contribution in [0.2, 0.25) is 0 Å². The lowest BCUT2D eigenvalue weighted by Crippen LogP contribution is -2.36. The van der Waals surface area contributed by atoms with Crippen LogP contribution in [-0.4, -0.2) is 28.9 Å². The van der Waals surface area contributed by atoms with E-state index in [2.05, 4.69) is 11.1 Å². The number of carbonyl (C=O) groups is 1. The molecule has 112 valence electrons. The van der Waals surface area contributed by atoms with Gasteiger partial charge in [-0.05, 0) is 38.3 Å². The summed E-state index contributed by atoms with van der Waals surface area (Å²) in [7, 11) is 0. The number of rotatable bonds is 2. The van der Waals surface area contributed by atoms with Gasteiger partial charge in [-0.3, -0.25) is 4.79 Å². The number of piperidine rings is 1. The van der Waals surface area contributed by atoms with Crippen LogP contribution >= 0.6 is 0 Å². The van der Waals surface area contributed by atoms with Gasteiger partial charge in [0.2, 0.25) is 0 Å². The number of nitrogens with one attached hydrogen (secondary N) is 1. The Balaban J connectivity index is 1.98. The molecule has 1 aromatic carbocycles. The molecule has 1 aliphatic heterocycles. The predicted molar refractivity (Wildman–Crippen MR) is 87.1 cm³/mol. The number of nitriles is 1. The largest absolute Gasteiger partial charge is 0.358 e. The Labute approximate surface area is 130 Å². The van der Waals surface area contributed by atoms with E-state index < -0.39 is 0 Å². The van der Waals surface area contributed by atoms with E-state index in [1.165, 1.54) is 0 Å². The first-order chi connectivity index (χ1) is 10.7. The van der Waals surface area contributed by atoms with Gasteiger partial charge in [-0.2, -0.15) is 5.26 Å². The fourth-order valence-electron chi connectivity index (χ4n) is 3.04. The highest BCUT2D eigenvalue weighted by Crippen LogP contribution is 2.25. The van der Waals surface area contributed by atoms with Gasteiger partial charge >= 0.3 is 0 Å². The normalized spacial score (nSPS) is 15.8. The van der Waals surface area contributed by atoms with E-state index in [0.29, 0.717) is 0 Å². The van der Waals surface area contributed by atoms with Gasteiger partial charge in [0.1, 0.15) is 11.6 Å². The summed E-state index contributed by atoms with van der Waals surface area (Å²) in [6, 6.07) is 10.0. The maximum absolute atomic E-state index is 12.5. The fraction of sp³-hybridized carbons (Fsp3) is 0.333. The van der Waals surface area contributed by atoms with Crippen LogP contribution in [0.3, 0.4) is 0 Å². The molecule has 3 rings (SSSR count). The summed E-state index contributed by atoms with van der Waals surface area (Å²) >= 11 is 0. The number of hydrogen-bond acceptors (Lipinski definition) is 2. The molecule has 1 aliphatic rings. The summed E-state index contributed by atoms with van der Waals surface area (Å²) in [5.41, 5.74) is 3.14. The summed E-state index contributed by atoms with van der Waals surface area (Å²) in [4.78, 5) is 17.6. The number of hydrogen-bond donors (Lipinski definition) is 1. The van der Waals surface area contributed by atoms with Gasteiger partial charge in [0.25, 0.3) is 5.91 Å². The summed E-state index contributed by atoms with van der Waals surface area (Å²) in [6.07, 6.45) is 4.94. The number of aromatic nitrogens is 1. The van der Waals surface area contributed by atoms with E-state index in [-0.39, 0.29) is 11.5 Å². The van der Waals surface area contributed by atoms with Crippen molar-refractivity contribution in [2.45, 2.75) is 26.2 Å². The zero-order chi connectivity index (χ0) is 15.5. The first-order valence-corrected chi connectivity index (χ1v) is 7.69. The molecule has 4 nitrogen and oxygen atoms in total. The number of likely N-dealkylation sites (tertiary alicyclic amines) is 1. The topological polar surface area (TPSA) is 59.9 Å². The van der Waals surface area contributed by atoms with Crippen LogP contribution in [0, 0.1) is 18.3 Å². The first-order valence-electron chi connectivity index (χ1n) is 7.69. The third kappa shape index (κ3) is 2.62. The average Bonchev–Trinajstić information content (AvgIpc) is 2.88.